The van der Waals surface area contributed by atoms with Crippen LogP contribution in [-0.2, 0) is 6.54 Å². The molecule has 0 aromatic carbocycles. The monoisotopic (exact) mass is 219 g/mol. The van der Waals surface area contributed by atoms with E-state index in [4.69, 9.17) is 5.73 Å². The van der Waals surface area contributed by atoms with E-state index in [1.54, 1.807) is 6.20 Å². The van der Waals surface area contributed by atoms with Crippen LogP contribution in [-0.4, -0.2) is 19.3 Å². The molecular formula is C11H17N5. The molecule has 2 aromatic rings. The summed E-state index contributed by atoms with van der Waals surface area (Å²) in [4.78, 5) is 4.07. The van der Waals surface area contributed by atoms with Gasteiger partial charge in [-0.05, 0) is 20.8 Å². The summed E-state index contributed by atoms with van der Waals surface area (Å²) in [5.41, 5.74) is 7.99. The van der Waals surface area contributed by atoms with Crippen molar-refractivity contribution in [1.82, 2.24) is 19.3 Å². The molecule has 0 saturated carbocycles. The van der Waals surface area contributed by atoms with Crippen LogP contribution in [0.4, 0.5) is 5.95 Å². The van der Waals surface area contributed by atoms with E-state index in [1.807, 2.05) is 28.6 Å². The third-order valence-electron chi connectivity index (χ3n) is 2.61. The van der Waals surface area contributed by atoms with E-state index < -0.39 is 0 Å². The number of aromatic nitrogens is 4. The minimum Gasteiger partial charge on any atom is -0.369 e. The zero-order valence-electron chi connectivity index (χ0n) is 9.88. The number of hydrogen-bond donors (Lipinski definition) is 1. The molecule has 0 aliphatic carbocycles. The smallest absolute Gasteiger partial charge is 0.200 e. The highest BCUT2D eigenvalue weighted by Gasteiger charge is 2.06. The molecule has 2 aromatic heterocycles. The Balaban J connectivity index is 2.21. The second kappa shape index (κ2) is 4.00. The maximum Gasteiger partial charge on any atom is 0.200 e. The lowest BCUT2D eigenvalue weighted by Crippen LogP contribution is -2.06. The summed E-state index contributed by atoms with van der Waals surface area (Å²) >= 11 is 0. The van der Waals surface area contributed by atoms with Crippen molar-refractivity contribution >= 4 is 5.95 Å². The summed E-state index contributed by atoms with van der Waals surface area (Å²) < 4.78 is 3.92. The molecule has 5 heteroatoms. The second-order valence-corrected chi connectivity index (χ2v) is 4.27. The Hall–Kier alpha value is -1.78. The predicted molar refractivity (Wildman–Crippen MR) is 63.1 cm³/mol. The van der Waals surface area contributed by atoms with Crippen LogP contribution in [0.3, 0.4) is 0 Å². The number of nitrogen functional groups attached to an aromatic ring is 1. The van der Waals surface area contributed by atoms with Crippen LogP contribution in [0.25, 0.3) is 0 Å². The standard InChI is InChI=1S/C11H17N5/c1-8(2)16-7-10(5-14-16)6-15-9(3)4-13-11(15)12/h4-5,7-8H,6H2,1-3H3,(H2,12,13). The highest BCUT2D eigenvalue weighted by Crippen LogP contribution is 2.11. The number of rotatable bonds is 3. The lowest BCUT2D eigenvalue weighted by Gasteiger charge is -2.05. The number of imidazole rings is 1. The third-order valence-corrected chi connectivity index (χ3v) is 2.61. The SMILES string of the molecule is Cc1cnc(N)n1Cc1cnn(C(C)C)c1. The van der Waals surface area contributed by atoms with Crippen LogP contribution in [0, 0.1) is 6.92 Å². The Morgan fingerprint density at radius 1 is 1.38 bits per heavy atom. The van der Waals surface area contributed by atoms with Crippen molar-refractivity contribution < 1.29 is 0 Å². The van der Waals surface area contributed by atoms with Gasteiger partial charge in [0.1, 0.15) is 0 Å². The van der Waals surface area contributed by atoms with Gasteiger partial charge in [0.05, 0.1) is 18.9 Å². The molecule has 0 amide bonds. The first-order valence-electron chi connectivity index (χ1n) is 5.38. The van der Waals surface area contributed by atoms with Crippen LogP contribution in [0.5, 0.6) is 0 Å². The van der Waals surface area contributed by atoms with Gasteiger partial charge in [0.25, 0.3) is 0 Å². The van der Waals surface area contributed by atoms with E-state index in [-0.39, 0.29) is 0 Å². The summed E-state index contributed by atoms with van der Waals surface area (Å²) in [6.45, 7) is 6.93. The number of nitrogens with zero attached hydrogens (tertiary/aromatic N) is 4. The summed E-state index contributed by atoms with van der Waals surface area (Å²) in [5.74, 6) is 0.551. The number of aryl methyl sites for hydroxylation is 1. The van der Waals surface area contributed by atoms with E-state index in [2.05, 4.69) is 23.9 Å². The molecule has 2 N–H and O–H groups in total. The highest BCUT2D eigenvalue weighted by molar-refractivity contribution is 5.24. The van der Waals surface area contributed by atoms with Crippen molar-refractivity contribution in [3.8, 4) is 0 Å². The summed E-state index contributed by atoms with van der Waals surface area (Å²) in [6, 6.07) is 0.384. The van der Waals surface area contributed by atoms with Crippen LogP contribution >= 0.6 is 0 Å². The molecule has 16 heavy (non-hydrogen) atoms. The molecule has 5 nitrogen and oxygen atoms in total. The molecule has 0 atom stereocenters. The van der Waals surface area contributed by atoms with Gasteiger partial charge in [-0.25, -0.2) is 4.98 Å². The van der Waals surface area contributed by atoms with Crippen LogP contribution in [0.1, 0.15) is 31.1 Å². The minimum atomic E-state index is 0.384. The largest absolute Gasteiger partial charge is 0.369 e. The van der Waals surface area contributed by atoms with E-state index in [0.717, 1.165) is 17.8 Å². The molecule has 0 fully saturated rings. The average Bonchev–Trinajstić information content (AvgIpc) is 2.80. The van der Waals surface area contributed by atoms with Crippen LogP contribution in [0.15, 0.2) is 18.6 Å². The van der Waals surface area contributed by atoms with Crippen LogP contribution in [0.2, 0.25) is 0 Å². The molecule has 0 aliphatic rings. The topological polar surface area (TPSA) is 61.7 Å². The molecule has 0 radical (unpaired) electrons. The predicted octanol–water partition coefficient (Wildman–Crippen LogP) is 1.60. The molecule has 0 unspecified atom stereocenters. The maximum absolute atomic E-state index is 5.78. The van der Waals surface area contributed by atoms with Crippen molar-refractivity contribution in [3.05, 3.63) is 29.8 Å². The molecule has 2 rings (SSSR count). The van der Waals surface area contributed by atoms with Crippen molar-refractivity contribution in [3.63, 3.8) is 0 Å². The van der Waals surface area contributed by atoms with Gasteiger partial charge in [-0.15, -0.1) is 0 Å². The minimum absolute atomic E-state index is 0.384. The fraction of sp³-hybridized carbons (Fsp3) is 0.455. The lowest BCUT2D eigenvalue weighted by molar-refractivity contribution is 0.532. The Morgan fingerprint density at radius 3 is 2.62 bits per heavy atom. The van der Waals surface area contributed by atoms with Gasteiger partial charge in [0.15, 0.2) is 0 Å². The maximum atomic E-state index is 5.78. The first kappa shape index (κ1) is 10.7. The summed E-state index contributed by atoms with van der Waals surface area (Å²) in [7, 11) is 0. The summed E-state index contributed by atoms with van der Waals surface area (Å²) in [5, 5.41) is 4.30. The van der Waals surface area contributed by atoms with Crippen molar-refractivity contribution in [2.24, 2.45) is 0 Å². The van der Waals surface area contributed by atoms with Gasteiger partial charge in [0, 0.05) is 23.5 Å². The number of nitrogens with two attached hydrogens (primary N) is 1. The van der Waals surface area contributed by atoms with Crippen molar-refractivity contribution in [2.75, 3.05) is 5.73 Å². The molecular weight excluding hydrogens is 202 g/mol. The van der Waals surface area contributed by atoms with Gasteiger partial charge < -0.3 is 10.3 Å². The Kier molecular flexibility index (Phi) is 2.68. The Labute approximate surface area is 94.9 Å². The molecule has 2 heterocycles. The van der Waals surface area contributed by atoms with E-state index in [0.29, 0.717) is 12.0 Å². The quantitative estimate of drug-likeness (QED) is 0.852. The molecule has 0 aliphatic heterocycles. The number of anilines is 1. The fourth-order valence-electron chi connectivity index (χ4n) is 1.61. The van der Waals surface area contributed by atoms with Gasteiger partial charge >= 0.3 is 0 Å². The van der Waals surface area contributed by atoms with E-state index in [1.165, 1.54) is 0 Å². The molecule has 0 spiro atoms. The zero-order chi connectivity index (χ0) is 11.7. The summed E-state index contributed by atoms with van der Waals surface area (Å²) in [6.07, 6.45) is 5.70. The second-order valence-electron chi connectivity index (χ2n) is 4.27. The first-order chi connectivity index (χ1) is 7.58. The zero-order valence-corrected chi connectivity index (χ0v) is 9.88. The number of hydrogen-bond acceptors (Lipinski definition) is 3. The van der Waals surface area contributed by atoms with E-state index >= 15 is 0 Å². The normalized spacial score (nSPS) is 11.2. The Morgan fingerprint density at radius 2 is 2.12 bits per heavy atom. The molecule has 0 saturated heterocycles. The van der Waals surface area contributed by atoms with Gasteiger partial charge in [0.2, 0.25) is 5.95 Å². The third kappa shape index (κ3) is 1.93. The lowest BCUT2D eigenvalue weighted by atomic mass is 10.3. The highest BCUT2D eigenvalue weighted by atomic mass is 15.3. The molecule has 0 bridgehead atoms. The van der Waals surface area contributed by atoms with Crippen molar-refractivity contribution in [2.45, 2.75) is 33.4 Å². The fourth-order valence-corrected chi connectivity index (χ4v) is 1.61. The van der Waals surface area contributed by atoms with Crippen molar-refractivity contribution in [1.29, 1.82) is 0 Å². The van der Waals surface area contributed by atoms with Gasteiger partial charge in [-0.3, -0.25) is 4.68 Å². The van der Waals surface area contributed by atoms with Gasteiger partial charge in [-0.2, -0.15) is 5.10 Å². The van der Waals surface area contributed by atoms with Crippen LogP contribution < -0.4 is 5.73 Å². The Bertz CT molecular complexity index is 461. The first-order valence-corrected chi connectivity index (χ1v) is 5.38. The van der Waals surface area contributed by atoms with Gasteiger partial charge in [-0.1, -0.05) is 0 Å². The molecule has 86 valence electrons. The van der Waals surface area contributed by atoms with E-state index in [9.17, 15) is 0 Å². The average molecular weight is 219 g/mol.